The molecule has 3 fully saturated rings. The highest BCUT2D eigenvalue weighted by Gasteiger charge is 2.44. The molecule has 3 aliphatic rings. The summed E-state index contributed by atoms with van der Waals surface area (Å²) in [5.74, 6) is -10.4. The summed E-state index contributed by atoms with van der Waals surface area (Å²) in [6.45, 7) is 2.87. The largest absolute Gasteiger partial charge is 0.481 e. The number of aliphatic carboxylic acids is 4. The maximum atomic E-state index is 14.3. The van der Waals surface area contributed by atoms with E-state index in [1.807, 2.05) is 0 Å². The Kier molecular flexibility index (Phi) is 48.0. The van der Waals surface area contributed by atoms with E-state index in [1.54, 1.807) is 60.7 Å². The summed E-state index contributed by atoms with van der Waals surface area (Å²) in [6.07, 6.45) is 4.09. The van der Waals surface area contributed by atoms with Crippen LogP contribution in [0.15, 0.2) is 70.6 Å². The number of nitrogens with two attached hydrogens (primary N) is 6. The molecule has 39 nitrogen and oxygen atoms in total. The number of aliphatic hydroxyl groups is 1. The molecule has 5 rings (SSSR count). The third-order valence-corrected chi connectivity index (χ3v) is 15.0. The van der Waals surface area contributed by atoms with Gasteiger partial charge in [-0.2, -0.15) is 0 Å². The summed E-state index contributed by atoms with van der Waals surface area (Å²) in [5.41, 5.74) is 34.7. The van der Waals surface area contributed by atoms with Crippen molar-refractivity contribution in [2.45, 2.75) is 171 Å². The SMILES string of the molecule is CC(=O)O.CC(=O)O.CC(=O)O.NCCCCC(N)C(=O)NC(CCCN=C(N)N)C(=O)N1CCCC1C(=O)N1CCCC1C(=O)NCC(=O)NC(Cc1ccccc1)C(=O)NC(CO)C(=O)N1CCCC1C(=O)NC(Cc1ccccc1)C(=O)NC(CCCN=C(N)N)C(=O)O.O.O.O.O. The van der Waals surface area contributed by atoms with E-state index < -0.39 is 145 Å². The predicted octanol–water partition coefficient (Wildman–Crippen LogP) is -7.40. The molecule has 9 atom stereocenters. The molecule has 39 heteroatoms. The van der Waals surface area contributed by atoms with Gasteiger partial charge in [0.2, 0.25) is 53.2 Å². The number of carboxylic acid groups (broad SMARTS) is 4. The molecule has 570 valence electrons. The zero-order valence-electron chi connectivity index (χ0n) is 57.0. The second-order valence-electron chi connectivity index (χ2n) is 22.9. The lowest BCUT2D eigenvalue weighted by molar-refractivity contribution is -0.148. The number of rotatable bonds is 33. The van der Waals surface area contributed by atoms with Gasteiger partial charge in [0, 0.05) is 66.3 Å². The van der Waals surface area contributed by atoms with Crippen molar-refractivity contribution in [2.75, 3.05) is 52.4 Å². The molecule has 0 radical (unpaired) electrons. The molecule has 0 saturated carbocycles. The van der Waals surface area contributed by atoms with E-state index in [4.69, 9.17) is 64.1 Å². The van der Waals surface area contributed by atoms with Crippen molar-refractivity contribution >= 4 is 89.0 Å². The van der Waals surface area contributed by atoms with Crippen molar-refractivity contribution in [2.24, 2.45) is 44.4 Å². The summed E-state index contributed by atoms with van der Waals surface area (Å²) in [7, 11) is 0. The predicted molar refractivity (Wildman–Crippen MR) is 367 cm³/mol. The van der Waals surface area contributed by atoms with Gasteiger partial charge < -0.3 is 128 Å². The number of carboxylic acids is 4. The molecule has 101 heavy (non-hydrogen) atoms. The molecule has 31 N–H and O–H groups in total. The van der Waals surface area contributed by atoms with Gasteiger partial charge in [0.15, 0.2) is 11.9 Å². The summed E-state index contributed by atoms with van der Waals surface area (Å²) in [6, 6.07) is 6.55. The molecule has 2 aromatic rings. The molecule has 2 aromatic carbocycles. The Bertz CT molecular complexity index is 2960. The minimum atomic E-state index is -1.61. The fourth-order valence-corrected chi connectivity index (χ4v) is 10.6. The van der Waals surface area contributed by atoms with Crippen LogP contribution >= 0.6 is 0 Å². The van der Waals surface area contributed by atoms with E-state index in [9.17, 15) is 58.2 Å². The van der Waals surface area contributed by atoms with Gasteiger partial charge in [-0.1, -0.05) is 67.1 Å². The third kappa shape index (κ3) is 36.5. The molecule has 3 aliphatic heterocycles. The lowest BCUT2D eigenvalue weighted by atomic mass is 10.0. The van der Waals surface area contributed by atoms with E-state index in [0.717, 1.165) is 20.8 Å². The topological polar surface area (TPSA) is 712 Å². The second-order valence-corrected chi connectivity index (χ2v) is 22.9. The van der Waals surface area contributed by atoms with Gasteiger partial charge in [0.25, 0.3) is 17.9 Å². The summed E-state index contributed by atoms with van der Waals surface area (Å²) in [4.78, 5) is 177. The van der Waals surface area contributed by atoms with Crippen molar-refractivity contribution < 1.29 is 110 Å². The van der Waals surface area contributed by atoms with Crippen molar-refractivity contribution in [1.29, 1.82) is 0 Å². The Morgan fingerprint density at radius 2 is 0.891 bits per heavy atom. The fraction of sp³-hybridized carbons (Fsp3) is 0.565. The number of hydrogen-bond acceptors (Lipinski definition) is 18. The maximum Gasteiger partial charge on any atom is 0.326 e. The number of carbonyl (C=O) groups is 13. The lowest BCUT2D eigenvalue weighted by Crippen LogP contribution is -2.60. The van der Waals surface area contributed by atoms with Crippen LogP contribution in [-0.2, 0) is 75.2 Å². The normalized spacial score (nSPS) is 16.3. The molecule has 3 heterocycles. The van der Waals surface area contributed by atoms with E-state index in [0.29, 0.717) is 69.0 Å². The number of likely N-dealkylation sites (tertiary alicyclic amines) is 3. The van der Waals surface area contributed by atoms with Crippen LogP contribution in [0, 0.1) is 0 Å². The zero-order chi connectivity index (χ0) is 72.7. The van der Waals surface area contributed by atoms with Gasteiger partial charge in [-0.05, 0) is 94.7 Å². The Morgan fingerprint density at radius 1 is 0.495 bits per heavy atom. The molecule has 9 amide bonds. The van der Waals surface area contributed by atoms with Gasteiger partial charge in [-0.15, -0.1) is 0 Å². The number of benzene rings is 2. The van der Waals surface area contributed by atoms with Gasteiger partial charge in [0.05, 0.1) is 19.2 Å². The van der Waals surface area contributed by atoms with Crippen LogP contribution in [-0.4, -0.2) is 258 Å². The minimum absolute atomic E-state index is 0. The number of nitrogens with one attached hydrogen (secondary N) is 6. The Morgan fingerprint density at radius 3 is 1.34 bits per heavy atom. The van der Waals surface area contributed by atoms with Crippen LogP contribution in [0.25, 0.3) is 0 Å². The Balaban J connectivity index is -0.00000554. The number of unbranched alkanes of at least 4 members (excludes halogenated alkanes) is 1. The molecule has 0 aliphatic carbocycles. The molecule has 0 aromatic heterocycles. The van der Waals surface area contributed by atoms with E-state index in [2.05, 4.69) is 41.9 Å². The number of amides is 9. The molecular weight excluding hydrogens is 1330 g/mol. The van der Waals surface area contributed by atoms with E-state index >= 15 is 0 Å². The first-order valence-corrected chi connectivity index (χ1v) is 31.7. The van der Waals surface area contributed by atoms with Crippen LogP contribution in [0.4, 0.5) is 0 Å². The van der Waals surface area contributed by atoms with Crippen LogP contribution < -0.4 is 66.3 Å². The van der Waals surface area contributed by atoms with Crippen LogP contribution in [0.2, 0.25) is 0 Å². The summed E-state index contributed by atoms with van der Waals surface area (Å²) in [5, 5.41) is 58.4. The van der Waals surface area contributed by atoms with Crippen molar-refractivity contribution in [3.05, 3.63) is 71.8 Å². The quantitative estimate of drug-likeness (QED) is 0.0179. The highest BCUT2D eigenvalue weighted by Crippen LogP contribution is 2.27. The highest BCUT2D eigenvalue weighted by atomic mass is 16.4. The lowest BCUT2D eigenvalue weighted by Gasteiger charge is -2.33. The first-order valence-electron chi connectivity index (χ1n) is 31.7. The molecular formula is C62H105N17O22. The van der Waals surface area contributed by atoms with Crippen LogP contribution in [0.5, 0.6) is 0 Å². The van der Waals surface area contributed by atoms with Crippen molar-refractivity contribution in [1.82, 2.24) is 46.6 Å². The minimum Gasteiger partial charge on any atom is -0.481 e. The van der Waals surface area contributed by atoms with Gasteiger partial charge in [-0.25, -0.2) is 4.79 Å². The first-order chi connectivity index (χ1) is 45.9. The van der Waals surface area contributed by atoms with Gasteiger partial charge in [0.1, 0.15) is 48.3 Å². The number of guanidine groups is 2. The number of hydrogen-bond donors (Lipinski definition) is 17. The molecule has 9 unspecified atom stereocenters. The Hall–Kier alpha value is -10.2. The summed E-state index contributed by atoms with van der Waals surface area (Å²) < 4.78 is 0. The standard InChI is InChI=1S/C56H85N17O12.3C2H4O2.4H2O/c57-24-8-7-18-36(58)46(76)67-37(19-9-25-63-55(59)60)51(81)73-29-13-23-44(73)53(83)72-28-11-21-42(72)49(79)65-32-45(75)66-39(30-34-14-3-1-4-15-34)47(77)70-41(33-74)52(82)71-27-12-22-43(71)50(80)69-40(31-35-16-5-2-6-17-35)48(78)68-38(54(84)85)20-10-26-64-56(61)62;3*1-2(3)4;;;;/h1-6,14-17,36-44,74H,7-13,18-33,57-58H2,(H,65,79)(H,66,75)(H,67,76)(H,68,78)(H,69,80)(H,70,77)(H,84,85)(H4,59,60,63)(H4,61,62,64);3*1H3,(H,3,4);4*1H2. The third-order valence-electron chi connectivity index (χ3n) is 15.0. The van der Waals surface area contributed by atoms with Gasteiger partial charge >= 0.3 is 5.97 Å². The average Bonchev–Trinajstić information content (AvgIpc) is 1.70. The molecule has 3 saturated heterocycles. The Labute approximate surface area is 583 Å². The average molecular weight is 1440 g/mol. The van der Waals surface area contributed by atoms with E-state index in [-0.39, 0.29) is 111 Å². The highest BCUT2D eigenvalue weighted by molar-refractivity contribution is 5.98. The number of nitrogens with zero attached hydrogens (tertiary/aromatic N) is 5. The molecule has 0 spiro atoms. The van der Waals surface area contributed by atoms with Gasteiger partial charge in [-0.3, -0.25) is 67.5 Å². The number of aliphatic imine (C=N–C) groups is 2. The van der Waals surface area contributed by atoms with Crippen molar-refractivity contribution in [3.63, 3.8) is 0 Å². The summed E-state index contributed by atoms with van der Waals surface area (Å²) >= 11 is 0. The second kappa shape index (κ2) is 51.0. The number of aliphatic hydroxyl groups excluding tert-OH is 1. The fourth-order valence-electron chi connectivity index (χ4n) is 10.6. The molecule has 0 bridgehead atoms. The zero-order valence-corrected chi connectivity index (χ0v) is 57.0. The maximum absolute atomic E-state index is 14.3. The first kappa shape index (κ1) is 95.0. The van der Waals surface area contributed by atoms with Crippen LogP contribution in [0.1, 0.15) is 115 Å². The monoisotopic (exact) mass is 1440 g/mol. The number of carbonyl (C=O) groups excluding carboxylic acids is 9. The van der Waals surface area contributed by atoms with Crippen molar-refractivity contribution in [3.8, 4) is 0 Å². The van der Waals surface area contributed by atoms with E-state index in [1.165, 1.54) is 14.7 Å². The van der Waals surface area contributed by atoms with Crippen LogP contribution in [0.3, 0.4) is 0 Å². The smallest absolute Gasteiger partial charge is 0.326 e.